The lowest BCUT2D eigenvalue weighted by molar-refractivity contribution is 0.304. The van der Waals surface area contributed by atoms with Crippen LogP contribution in [0.2, 0.25) is 5.02 Å². The molecule has 0 atom stereocenters. The van der Waals surface area contributed by atoms with Gasteiger partial charge in [-0.25, -0.2) is 0 Å². The van der Waals surface area contributed by atoms with Crippen LogP contribution in [-0.4, -0.2) is 22.4 Å². The van der Waals surface area contributed by atoms with Crippen LogP contribution in [0.15, 0.2) is 66.7 Å². The van der Waals surface area contributed by atoms with Gasteiger partial charge < -0.3 is 19.3 Å². The number of hydrogen-bond acceptors (Lipinski definition) is 5. The van der Waals surface area contributed by atoms with Crippen molar-refractivity contribution >= 4 is 11.6 Å². The van der Waals surface area contributed by atoms with E-state index in [1.807, 2.05) is 55.5 Å². The van der Waals surface area contributed by atoms with Gasteiger partial charge in [0.05, 0.1) is 12.8 Å². The molecule has 1 heterocycles. The van der Waals surface area contributed by atoms with Crippen molar-refractivity contribution in [1.82, 2.24) is 10.2 Å². The van der Waals surface area contributed by atoms with Crippen LogP contribution in [0.1, 0.15) is 11.3 Å². The highest BCUT2D eigenvalue weighted by Gasteiger charge is 2.18. The Morgan fingerprint density at radius 1 is 0.935 bits per heavy atom. The molecule has 0 amide bonds. The number of aryl methyl sites for hydroxylation is 1. The number of ether oxygens (including phenoxy) is 3. The number of aromatic amines is 1. The predicted octanol–water partition coefficient (Wildman–Crippen LogP) is 6.12. The first-order valence-corrected chi connectivity index (χ1v) is 9.99. The molecule has 3 aromatic carbocycles. The van der Waals surface area contributed by atoms with E-state index in [-0.39, 0.29) is 5.75 Å². The molecule has 4 aromatic rings. The van der Waals surface area contributed by atoms with E-state index in [0.29, 0.717) is 40.1 Å². The van der Waals surface area contributed by atoms with Gasteiger partial charge in [-0.3, -0.25) is 5.10 Å². The predicted molar refractivity (Wildman–Crippen MR) is 119 cm³/mol. The number of methoxy groups -OCH3 is 1. The average molecular weight is 437 g/mol. The maximum Gasteiger partial charge on any atom is 0.176 e. The fourth-order valence-electron chi connectivity index (χ4n) is 3.04. The number of aromatic hydroxyl groups is 1. The molecule has 31 heavy (non-hydrogen) atoms. The number of benzene rings is 3. The Kier molecular flexibility index (Phi) is 6.00. The maximum atomic E-state index is 10.6. The molecule has 6 nitrogen and oxygen atoms in total. The first kappa shape index (κ1) is 20.6. The van der Waals surface area contributed by atoms with Crippen LogP contribution in [0, 0.1) is 6.92 Å². The minimum absolute atomic E-state index is 0.0414. The summed E-state index contributed by atoms with van der Waals surface area (Å²) in [6, 6.07) is 19.8. The van der Waals surface area contributed by atoms with Crippen LogP contribution in [0.25, 0.3) is 11.3 Å². The Morgan fingerprint density at radius 3 is 2.29 bits per heavy atom. The van der Waals surface area contributed by atoms with Gasteiger partial charge in [0.15, 0.2) is 5.75 Å². The molecule has 158 valence electrons. The van der Waals surface area contributed by atoms with Gasteiger partial charge in [-0.2, -0.15) is 5.10 Å². The summed E-state index contributed by atoms with van der Waals surface area (Å²) in [5, 5.41) is 18.5. The molecular weight excluding hydrogens is 416 g/mol. The lowest BCUT2D eigenvalue weighted by Crippen LogP contribution is -1.95. The van der Waals surface area contributed by atoms with Crippen molar-refractivity contribution < 1.29 is 19.3 Å². The number of aromatic nitrogens is 2. The Balaban J connectivity index is 1.53. The molecule has 0 radical (unpaired) electrons. The minimum Gasteiger partial charge on any atom is -0.507 e. The van der Waals surface area contributed by atoms with Gasteiger partial charge in [-0.1, -0.05) is 23.7 Å². The van der Waals surface area contributed by atoms with Crippen LogP contribution in [0.4, 0.5) is 0 Å². The first-order chi connectivity index (χ1) is 15.0. The van der Waals surface area contributed by atoms with Crippen molar-refractivity contribution in [3.63, 3.8) is 0 Å². The zero-order valence-corrected chi connectivity index (χ0v) is 17.8. The quantitative estimate of drug-likeness (QED) is 0.364. The van der Waals surface area contributed by atoms with Gasteiger partial charge in [-0.15, -0.1) is 0 Å². The zero-order valence-electron chi connectivity index (χ0n) is 17.1. The molecule has 0 bridgehead atoms. The second-order valence-corrected chi connectivity index (χ2v) is 7.33. The molecule has 0 saturated carbocycles. The van der Waals surface area contributed by atoms with E-state index in [4.69, 9.17) is 25.8 Å². The summed E-state index contributed by atoms with van der Waals surface area (Å²) in [6.07, 6.45) is 0. The van der Waals surface area contributed by atoms with Crippen LogP contribution in [-0.2, 0) is 6.61 Å². The van der Waals surface area contributed by atoms with Crippen molar-refractivity contribution in [2.24, 2.45) is 0 Å². The number of nitrogens with one attached hydrogen (secondary N) is 1. The molecule has 4 rings (SSSR count). The normalized spacial score (nSPS) is 10.7. The molecule has 0 fully saturated rings. The van der Waals surface area contributed by atoms with Crippen molar-refractivity contribution in [3.05, 3.63) is 83.0 Å². The average Bonchev–Trinajstić information content (AvgIpc) is 3.14. The molecule has 0 saturated heterocycles. The summed E-state index contributed by atoms with van der Waals surface area (Å²) in [4.78, 5) is 0. The first-order valence-electron chi connectivity index (χ1n) is 9.61. The van der Waals surface area contributed by atoms with E-state index in [0.717, 1.165) is 17.0 Å². The van der Waals surface area contributed by atoms with Crippen LogP contribution < -0.4 is 14.2 Å². The van der Waals surface area contributed by atoms with Crippen LogP contribution >= 0.6 is 11.6 Å². The van der Waals surface area contributed by atoms with Crippen molar-refractivity contribution in [3.8, 4) is 40.0 Å². The molecule has 0 aliphatic heterocycles. The topological polar surface area (TPSA) is 76.6 Å². The van der Waals surface area contributed by atoms with Crippen molar-refractivity contribution in [2.75, 3.05) is 7.11 Å². The molecule has 0 aliphatic carbocycles. The summed E-state index contributed by atoms with van der Waals surface area (Å²) in [6.45, 7) is 2.22. The number of hydrogen-bond donors (Lipinski definition) is 2. The molecule has 2 N–H and O–H groups in total. The number of phenolic OH excluding ortho intramolecular Hbond substituents is 1. The molecule has 1 aromatic heterocycles. The number of rotatable bonds is 7. The maximum absolute atomic E-state index is 10.6. The summed E-state index contributed by atoms with van der Waals surface area (Å²) in [5.74, 6) is 2.49. The lowest BCUT2D eigenvalue weighted by atomic mass is 10.1. The molecule has 0 unspecified atom stereocenters. The number of phenols is 1. The number of halogens is 1. The van der Waals surface area contributed by atoms with Gasteiger partial charge in [0, 0.05) is 16.7 Å². The SMILES string of the molecule is COc1ccc(Oc2c(-c3ccc(OCc4ccc(Cl)cc4)cc3O)n[nH]c2C)cc1. The smallest absolute Gasteiger partial charge is 0.176 e. The zero-order chi connectivity index (χ0) is 21.8. The summed E-state index contributed by atoms with van der Waals surface area (Å²) < 4.78 is 17.0. The molecular formula is C24H21ClN2O4. The highest BCUT2D eigenvalue weighted by atomic mass is 35.5. The van der Waals surface area contributed by atoms with Crippen LogP contribution in [0.5, 0.6) is 28.7 Å². The van der Waals surface area contributed by atoms with Gasteiger partial charge in [0.2, 0.25) is 0 Å². The third-order valence-corrected chi connectivity index (χ3v) is 4.97. The summed E-state index contributed by atoms with van der Waals surface area (Å²) >= 11 is 5.91. The summed E-state index contributed by atoms with van der Waals surface area (Å²) in [5.41, 5.74) is 2.76. The Morgan fingerprint density at radius 2 is 1.61 bits per heavy atom. The summed E-state index contributed by atoms with van der Waals surface area (Å²) in [7, 11) is 1.61. The van der Waals surface area contributed by atoms with Gasteiger partial charge in [-0.05, 0) is 61.0 Å². The van der Waals surface area contributed by atoms with E-state index < -0.39 is 0 Å². The fraction of sp³-hybridized carbons (Fsp3) is 0.125. The van der Waals surface area contributed by atoms with Crippen LogP contribution in [0.3, 0.4) is 0 Å². The van der Waals surface area contributed by atoms with Gasteiger partial charge >= 0.3 is 0 Å². The highest BCUT2D eigenvalue weighted by Crippen LogP contribution is 2.40. The Hall–Kier alpha value is -3.64. The minimum atomic E-state index is 0.0414. The highest BCUT2D eigenvalue weighted by molar-refractivity contribution is 6.30. The molecule has 0 spiro atoms. The molecule has 7 heteroatoms. The standard InChI is InChI=1S/C24H21ClN2O4/c1-15-24(31-19-9-7-18(29-2)8-10-19)23(27-26-15)21-12-11-20(13-22(21)28)30-14-16-3-5-17(25)6-4-16/h3-13,28H,14H2,1-2H3,(H,26,27). The van der Waals surface area contributed by atoms with Crippen molar-refractivity contribution in [1.29, 1.82) is 0 Å². The van der Waals surface area contributed by atoms with E-state index in [1.54, 1.807) is 25.3 Å². The van der Waals surface area contributed by atoms with E-state index in [1.165, 1.54) is 0 Å². The number of nitrogens with zero attached hydrogens (tertiary/aromatic N) is 1. The lowest BCUT2D eigenvalue weighted by Gasteiger charge is -2.11. The Bertz CT molecular complexity index is 1170. The van der Waals surface area contributed by atoms with Gasteiger partial charge in [0.25, 0.3) is 0 Å². The number of H-pyrrole nitrogens is 1. The Labute approximate surface area is 185 Å². The van der Waals surface area contributed by atoms with Crippen molar-refractivity contribution in [2.45, 2.75) is 13.5 Å². The second-order valence-electron chi connectivity index (χ2n) is 6.90. The van der Waals surface area contributed by atoms with E-state index >= 15 is 0 Å². The second kappa shape index (κ2) is 9.02. The largest absolute Gasteiger partial charge is 0.507 e. The molecule has 0 aliphatic rings. The third kappa shape index (κ3) is 4.75. The third-order valence-electron chi connectivity index (χ3n) is 4.71. The fourth-order valence-corrected chi connectivity index (χ4v) is 3.16. The monoisotopic (exact) mass is 436 g/mol. The van der Waals surface area contributed by atoms with E-state index in [2.05, 4.69) is 10.2 Å². The van der Waals surface area contributed by atoms with E-state index in [9.17, 15) is 5.11 Å². The van der Waals surface area contributed by atoms with Gasteiger partial charge in [0.1, 0.15) is 35.3 Å².